The number of esters is 1. The second-order valence-corrected chi connectivity index (χ2v) is 10.4. The molecule has 0 radical (unpaired) electrons. The summed E-state index contributed by atoms with van der Waals surface area (Å²) < 4.78 is 17.3. The van der Waals surface area contributed by atoms with Gasteiger partial charge < -0.3 is 29.5 Å². The molecule has 0 aromatic carbocycles. The van der Waals surface area contributed by atoms with Crippen LogP contribution in [0.3, 0.4) is 0 Å². The van der Waals surface area contributed by atoms with E-state index in [1.165, 1.54) is 44.9 Å². The minimum Gasteiger partial charge on any atom is -0.460 e. The Hall–Kier alpha value is -0.730. The van der Waals surface area contributed by atoms with E-state index in [0.717, 1.165) is 12.8 Å². The number of unbranched alkanes of at least 4 members (excludes halogenated alkanes) is 7. The lowest BCUT2D eigenvalue weighted by molar-refractivity contribution is -0.148. The van der Waals surface area contributed by atoms with E-state index in [-0.39, 0.29) is 31.0 Å². The van der Waals surface area contributed by atoms with Crippen molar-refractivity contribution < 1.29 is 34.3 Å². The van der Waals surface area contributed by atoms with Crippen molar-refractivity contribution in [3.8, 4) is 0 Å². The molecule has 194 valence electrons. The summed E-state index contributed by atoms with van der Waals surface area (Å²) in [7, 11) is 0. The standard InChI is InChI=1S/C26H48O7/c1-4-5-6-7-8-9-10-11-12-23-24(33-26(2,3)32-23)16-15-20(28)19(27)13-14-21(29)22-17-18-25(30)31-22/h19-24,27-29H,4-18H2,1-3H3/t19-,20+,21-,22+,23+,24+/m0/s1. The molecule has 2 heterocycles. The normalized spacial score (nSPS) is 27.5. The number of carbonyl (C=O) groups excluding carboxylic acids is 1. The number of cyclic esters (lactones) is 1. The molecule has 0 aromatic heterocycles. The van der Waals surface area contributed by atoms with Gasteiger partial charge in [-0.15, -0.1) is 0 Å². The molecule has 0 bridgehead atoms. The highest BCUT2D eigenvalue weighted by atomic mass is 16.7. The molecule has 0 unspecified atom stereocenters. The Labute approximate surface area is 200 Å². The van der Waals surface area contributed by atoms with Crippen LogP contribution in [0.15, 0.2) is 0 Å². The number of hydrogen-bond acceptors (Lipinski definition) is 7. The molecule has 7 nitrogen and oxygen atoms in total. The zero-order chi connectivity index (χ0) is 24.3. The van der Waals surface area contributed by atoms with E-state index in [4.69, 9.17) is 14.2 Å². The molecule has 2 rings (SSSR count). The van der Waals surface area contributed by atoms with Crippen molar-refractivity contribution in [1.82, 2.24) is 0 Å². The highest BCUT2D eigenvalue weighted by Gasteiger charge is 2.41. The third-order valence-corrected chi connectivity index (χ3v) is 6.92. The van der Waals surface area contributed by atoms with Gasteiger partial charge in [-0.1, -0.05) is 58.3 Å². The smallest absolute Gasteiger partial charge is 0.306 e. The number of hydrogen-bond donors (Lipinski definition) is 3. The molecular weight excluding hydrogens is 424 g/mol. The summed E-state index contributed by atoms with van der Waals surface area (Å²) >= 11 is 0. The Bertz CT molecular complexity index is 553. The van der Waals surface area contributed by atoms with Crippen molar-refractivity contribution in [1.29, 1.82) is 0 Å². The summed E-state index contributed by atoms with van der Waals surface area (Å²) in [5.41, 5.74) is 0. The average molecular weight is 473 g/mol. The minimum atomic E-state index is -0.932. The van der Waals surface area contributed by atoms with Crippen LogP contribution < -0.4 is 0 Å². The van der Waals surface area contributed by atoms with Crippen LogP contribution in [-0.4, -0.2) is 63.7 Å². The Balaban J connectivity index is 1.65. The van der Waals surface area contributed by atoms with E-state index in [0.29, 0.717) is 25.7 Å². The maximum atomic E-state index is 11.2. The topological polar surface area (TPSA) is 105 Å². The zero-order valence-corrected chi connectivity index (χ0v) is 21.0. The van der Waals surface area contributed by atoms with Gasteiger partial charge in [-0.3, -0.25) is 4.79 Å². The lowest BCUT2D eigenvalue weighted by atomic mass is 9.96. The lowest BCUT2D eigenvalue weighted by Gasteiger charge is -2.23. The molecule has 2 aliphatic rings. The number of carbonyl (C=O) groups is 1. The van der Waals surface area contributed by atoms with Crippen molar-refractivity contribution in [2.24, 2.45) is 0 Å². The molecule has 33 heavy (non-hydrogen) atoms. The molecule has 6 atom stereocenters. The molecule has 2 fully saturated rings. The van der Waals surface area contributed by atoms with Gasteiger partial charge in [0.25, 0.3) is 0 Å². The minimum absolute atomic E-state index is 0.0170. The molecule has 2 aliphatic heterocycles. The Kier molecular flexibility index (Phi) is 12.6. The summed E-state index contributed by atoms with van der Waals surface area (Å²) in [6.07, 6.45) is 10.3. The molecule has 0 amide bonds. The Morgan fingerprint density at radius 2 is 1.42 bits per heavy atom. The van der Waals surface area contributed by atoms with Gasteiger partial charge in [0.05, 0.1) is 30.5 Å². The molecule has 7 heteroatoms. The maximum Gasteiger partial charge on any atom is 0.306 e. The third kappa shape index (κ3) is 10.6. The Morgan fingerprint density at radius 1 is 0.848 bits per heavy atom. The fourth-order valence-corrected chi connectivity index (χ4v) is 4.94. The first-order valence-corrected chi connectivity index (χ1v) is 13.3. The molecule has 0 spiro atoms. The van der Waals surface area contributed by atoms with Crippen LogP contribution in [0.5, 0.6) is 0 Å². The summed E-state index contributed by atoms with van der Waals surface area (Å²) in [6, 6.07) is 0. The zero-order valence-electron chi connectivity index (χ0n) is 21.0. The molecule has 2 saturated heterocycles. The monoisotopic (exact) mass is 472 g/mol. The van der Waals surface area contributed by atoms with Gasteiger partial charge >= 0.3 is 5.97 Å². The van der Waals surface area contributed by atoms with Crippen molar-refractivity contribution in [3.05, 3.63) is 0 Å². The molecule has 3 N–H and O–H groups in total. The summed E-state index contributed by atoms with van der Waals surface area (Å²) in [6.45, 7) is 6.09. The summed E-state index contributed by atoms with van der Waals surface area (Å²) in [4.78, 5) is 11.2. The second kappa shape index (κ2) is 14.6. The first-order valence-electron chi connectivity index (χ1n) is 13.3. The van der Waals surface area contributed by atoms with Gasteiger partial charge in [-0.2, -0.15) is 0 Å². The SMILES string of the molecule is CCCCCCCCCC[C@H]1OC(C)(C)O[C@@H]1CC[C@@H](O)[C@@H](O)CC[C@H](O)[C@H]1CCC(=O)O1. The largest absolute Gasteiger partial charge is 0.460 e. The van der Waals surface area contributed by atoms with Gasteiger partial charge in [0.1, 0.15) is 6.10 Å². The quantitative estimate of drug-likeness (QED) is 0.213. The molecule has 0 aromatic rings. The van der Waals surface area contributed by atoms with Crippen LogP contribution in [0.1, 0.15) is 117 Å². The fourth-order valence-electron chi connectivity index (χ4n) is 4.94. The van der Waals surface area contributed by atoms with Gasteiger partial charge in [-0.05, 0) is 52.4 Å². The number of rotatable bonds is 17. The molecular formula is C26H48O7. The van der Waals surface area contributed by atoms with E-state index in [1.807, 2.05) is 13.8 Å². The molecule has 0 aliphatic carbocycles. The third-order valence-electron chi connectivity index (χ3n) is 6.92. The lowest BCUT2D eigenvalue weighted by Crippen LogP contribution is -2.32. The van der Waals surface area contributed by atoms with E-state index >= 15 is 0 Å². The van der Waals surface area contributed by atoms with Crippen molar-refractivity contribution in [3.63, 3.8) is 0 Å². The summed E-state index contributed by atoms with van der Waals surface area (Å²) in [5.74, 6) is -0.912. The van der Waals surface area contributed by atoms with E-state index in [9.17, 15) is 20.1 Å². The first-order chi connectivity index (χ1) is 15.7. The van der Waals surface area contributed by atoms with Crippen LogP contribution in [-0.2, 0) is 19.0 Å². The fraction of sp³-hybridized carbons (Fsp3) is 0.962. The number of ether oxygens (including phenoxy) is 3. The Morgan fingerprint density at radius 3 is 2.03 bits per heavy atom. The highest BCUT2D eigenvalue weighted by Crippen LogP contribution is 2.34. The second-order valence-electron chi connectivity index (χ2n) is 10.4. The van der Waals surface area contributed by atoms with Crippen LogP contribution in [0.2, 0.25) is 0 Å². The van der Waals surface area contributed by atoms with Crippen molar-refractivity contribution >= 4 is 5.97 Å². The van der Waals surface area contributed by atoms with Crippen LogP contribution in [0, 0.1) is 0 Å². The van der Waals surface area contributed by atoms with Gasteiger partial charge in [-0.25, -0.2) is 0 Å². The predicted molar refractivity (Wildman–Crippen MR) is 127 cm³/mol. The number of aliphatic hydroxyl groups is 3. The van der Waals surface area contributed by atoms with Crippen LogP contribution in [0.4, 0.5) is 0 Å². The maximum absolute atomic E-state index is 11.2. The summed E-state index contributed by atoms with van der Waals surface area (Å²) in [5, 5.41) is 30.9. The average Bonchev–Trinajstić information content (AvgIpc) is 3.33. The highest BCUT2D eigenvalue weighted by molar-refractivity contribution is 5.71. The molecule has 0 saturated carbocycles. The first kappa shape index (κ1) is 28.5. The van der Waals surface area contributed by atoms with Crippen LogP contribution >= 0.6 is 0 Å². The number of aliphatic hydroxyl groups excluding tert-OH is 3. The van der Waals surface area contributed by atoms with Crippen molar-refractivity contribution in [2.75, 3.05) is 0 Å². The van der Waals surface area contributed by atoms with Gasteiger partial charge in [0.15, 0.2) is 5.79 Å². The van der Waals surface area contributed by atoms with Crippen LogP contribution in [0.25, 0.3) is 0 Å². The van der Waals surface area contributed by atoms with E-state index in [1.54, 1.807) is 0 Å². The van der Waals surface area contributed by atoms with E-state index < -0.39 is 30.2 Å². The van der Waals surface area contributed by atoms with Gasteiger partial charge in [0.2, 0.25) is 0 Å². The van der Waals surface area contributed by atoms with Crippen molar-refractivity contribution in [2.45, 2.75) is 159 Å². The van der Waals surface area contributed by atoms with E-state index in [2.05, 4.69) is 6.92 Å². The van der Waals surface area contributed by atoms with Gasteiger partial charge in [0, 0.05) is 6.42 Å². The predicted octanol–water partition coefficient (Wildman–Crippen LogP) is 4.39.